The highest BCUT2D eigenvalue weighted by atomic mass is 19.2. The molecule has 0 spiro atoms. The van der Waals surface area contributed by atoms with E-state index in [4.69, 9.17) is 0 Å². The quantitative estimate of drug-likeness (QED) is 0.784. The Morgan fingerprint density at radius 2 is 1.57 bits per heavy atom. The molecule has 0 aliphatic heterocycles. The van der Waals surface area contributed by atoms with Crippen LogP contribution in [0.3, 0.4) is 0 Å². The van der Waals surface area contributed by atoms with Crippen LogP contribution in [0.25, 0.3) is 0 Å². The van der Waals surface area contributed by atoms with Crippen molar-refractivity contribution in [1.29, 1.82) is 0 Å². The molecule has 0 bridgehead atoms. The molecule has 21 heavy (non-hydrogen) atoms. The average Bonchev–Trinajstić information content (AvgIpc) is 2.40. The van der Waals surface area contributed by atoms with Crippen LogP contribution in [0, 0.1) is 17.5 Å². The van der Waals surface area contributed by atoms with E-state index < -0.39 is 17.5 Å². The minimum atomic E-state index is -1.19. The lowest BCUT2D eigenvalue weighted by molar-refractivity contribution is 0.497. The highest BCUT2D eigenvalue weighted by Gasteiger charge is 2.13. The Hall–Kier alpha value is -1.97. The van der Waals surface area contributed by atoms with Gasteiger partial charge in [-0.2, -0.15) is 0 Å². The predicted molar refractivity (Wildman–Crippen MR) is 78.8 cm³/mol. The molecule has 0 saturated carbocycles. The third-order valence-corrected chi connectivity index (χ3v) is 3.30. The van der Waals surface area contributed by atoms with Gasteiger partial charge in [0.1, 0.15) is 5.82 Å². The Morgan fingerprint density at radius 1 is 0.952 bits per heavy atom. The van der Waals surface area contributed by atoms with E-state index in [1.165, 1.54) is 5.56 Å². The van der Waals surface area contributed by atoms with E-state index in [2.05, 4.69) is 26.1 Å². The van der Waals surface area contributed by atoms with Crippen molar-refractivity contribution in [1.82, 2.24) is 0 Å². The minimum Gasteiger partial charge on any atom is -0.378 e. The maximum absolute atomic E-state index is 13.5. The molecule has 0 aromatic heterocycles. The van der Waals surface area contributed by atoms with Gasteiger partial charge in [0, 0.05) is 18.7 Å². The Kier molecular flexibility index (Phi) is 4.26. The predicted octanol–water partition coefficient (Wildman–Crippen LogP) is 5.01. The summed E-state index contributed by atoms with van der Waals surface area (Å²) in [6, 6.07) is 9.31. The minimum absolute atomic E-state index is 0.0593. The standard InChI is InChI=1S/C17H18F3N/c1-17(2,3)12-6-4-11(5-7-12)10-21-15-9-13(18)8-14(19)16(15)20/h4-9,21H,10H2,1-3H3. The number of anilines is 1. The fraction of sp³-hybridized carbons (Fsp3) is 0.294. The van der Waals surface area contributed by atoms with Crippen molar-refractivity contribution in [2.24, 2.45) is 0 Å². The third kappa shape index (κ3) is 3.78. The van der Waals surface area contributed by atoms with Crippen molar-refractivity contribution >= 4 is 5.69 Å². The Bertz CT molecular complexity index is 628. The first-order chi connectivity index (χ1) is 9.77. The molecule has 2 rings (SSSR count). The number of halogens is 3. The molecule has 112 valence electrons. The Balaban J connectivity index is 2.10. The van der Waals surface area contributed by atoms with Crippen molar-refractivity contribution in [3.8, 4) is 0 Å². The topological polar surface area (TPSA) is 12.0 Å². The molecule has 2 aromatic carbocycles. The Labute approximate surface area is 122 Å². The zero-order valence-electron chi connectivity index (χ0n) is 12.3. The van der Waals surface area contributed by atoms with Gasteiger partial charge < -0.3 is 5.32 Å². The summed E-state index contributed by atoms with van der Waals surface area (Å²) in [6.07, 6.45) is 0. The van der Waals surface area contributed by atoms with Crippen LogP contribution in [0.2, 0.25) is 0 Å². The zero-order chi connectivity index (χ0) is 15.6. The van der Waals surface area contributed by atoms with Crippen LogP contribution in [-0.2, 0) is 12.0 Å². The summed E-state index contributed by atoms with van der Waals surface area (Å²) in [7, 11) is 0. The van der Waals surface area contributed by atoms with Gasteiger partial charge >= 0.3 is 0 Å². The summed E-state index contributed by atoms with van der Waals surface area (Å²) in [4.78, 5) is 0. The van der Waals surface area contributed by atoms with E-state index in [-0.39, 0.29) is 11.1 Å². The molecule has 0 unspecified atom stereocenters. The highest BCUT2D eigenvalue weighted by Crippen LogP contribution is 2.23. The van der Waals surface area contributed by atoms with Gasteiger partial charge in [0.15, 0.2) is 11.6 Å². The van der Waals surface area contributed by atoms with E-state index in [0.29, 0.717) is 12.6 Å². The molecule has 0 aliphatic carbocycles. The molecule has 1 N–H and O–H groups in total. The van der Waals surface area contributed by atoms with Crippen molar-refractivity contribution in [3.63, 3.8) is 0 Å². The van der Waals surface area contributed by atoms with Crippen molar-refractivity contribution in [2.75, 3.05) is 5.32 Å². The molecule has 2 aromatic rings. The van der Waals surface area contributed by atoms with Crippen molar-refractivity contribution in [3.05, 3.63) is 65.0 Å². The lowest BCUT2D eigenvalue weighted by atomic mass is 9.87. The summed E-state index contributed by atoms with van der Waals surface area (Å²) in [5.74, 6) is -3.07. The first-order valence-corrected chi connectivity index (χ1v) is 6.75. The number of nitrogens with one attached hydrogen (secondary N) is 1. The number of hydrogen-bond acceptors (Lipinski definition) is 1. The fourth-order valence-corrected chi connectivity index (χ4v) is 2.00. The second kappa shape index (κ2) is 5.80. The van der Waals surface area contributed by atoms with Gasteiger partial charge in [0.2, 0.25) is 0 Å². The second-order valence-corrected chi connectivity index (χ2v) is 6.05. The van der Waals surface area contributed by atoms with Gasteiger partial charge in [0.25, 0.3) is 0 Å². The highest BCUT2D eigenvalue weighted by molar-refractivity contribution is 5.46. The summed E-state index contributed by atoms with van der Waals surface area (Å²) < 4.78 is 39.7. The van der Waals surface area contributed by atoms with Crippen LogP contribution in [-0.4, -0.2) is 0 Å². The number of rotatable bonds is 3. The molecule has 0 amide bonds. The van der Waals surface area contributed by atoms with Gasteiger partial charge in [-0.05, 0) is 16.5 Å². The molecule has 0 radical (unpaired) electrons. The molecule has 1 nitrogen and oxygen atoms in total. The molecule has 0 atom stereocenters. The monoisotopic (exact) mass is 293 g/mol. The molecule has 4 heteroatoms. The van der Waals surface area contributed by atoms with Crippen LogP contribution in [0.5, 0.6) is 0 Å². The Morgan fingerprint density at radius 3 is 2.14 bits per heavy atom. The van der Waals surface area contributed by atoms with Gasteiger partial charge in [0.05, 0.1) is 5.69 Å². The second-order valence-electron chi connectivity index (χ2n) is 6.05. The number of hydrogen-bond donors (Lipinski definition) is 1. The SMILES string of the molecule is CC(C)(C)c1ccc(CNc2cc(F)cc(F)c2F)cc1. The van der Waals surface area contributed by atoms with E-state index >= 15 is 0 Å². The molecular formula is C17H18F3N. The van der Waals surface area contributed by atoms with Gasteiger partial charge in [-0.3, -0.25) is 0 Å². The van der Waals surface area contributed by atoms with Crippen molar-refractivity contribution in [2.45, 2.75) is 32.7 Å². The van der Waals surface area contributed by atoms with Crippen LogP contribution in [0.4, 0.5) is 18.9 Å². The lowest BCUT2D eigenvalue weighted by Gasteiger charge is -2.19. The zero-order valence-corrected chi connectivity index (χ0v) is 12.3. The lowest BCUT2D eigenvalue weighted by Crippen LogP contribution is -2.11. The van der Waals surface area contributed by atoms with E-state index in [1.807, 2.05) is 24.3 Å². The van der Waals surface area contributed by atoms with E-state index in [1.54, 1.807) is 0 Å². The molecular weight excluding hydrogens is 275 g/mol. The average molecular weight is 293 g/mol. The largest absolute Gasteiger partial charge is 0.378 e. The maximum atomic E-state index is 13.5. The van der Waals surface area contributed by atoms with Crippen LogP contribution >= 0.6 is 0 Å². The van der Waals surface area contributed by atoms with Gasteiger partial charge in [-0.25, -0.2) is 13.2 Å². The van der Waals surface area contributed by atoms with Crippen LogP contribution < -0.4 is 5.32 Å². The molecule has 0 fully saturated rings. The van der Waals surface area contributed by atoms with Crippen LogP contribution in [0.15, 0.2) is 36.4 Å². The number of benzene rings is 2. The summed E-state index contributed by atoms with van der Waals surface area (Å²) in [5, 5.41) is 2.71. The van der Waals surface area contributed by atoms with Crippen LogP contribution in [0.1, 0.15) is 31.9 Å². The first-order valence-electron chi connectivity index (χ1n) is 6.75. The first kappa shape index (κ1) is 15.4. The van der Waals surface area contributed by atoms with E-state index in [0.717, 1.165) is 11.6 Å². The summed E-state index contributed by atoms with van der Waals surface area (Å²) in [6.45, 7) is 6.64. The fourth-order valence-electron chi connectivity index (χ4n) is 2.00. The van der Waals surface area contributed by atoms with Crippen molar-refractivity contribution < 1.29 is 13.2 Å². The smallest absolute Gasteiger partial charge is 0.182 e. The van der Waals surface area contributed by atoms with Gasteiger partial charge in [-0.1, -0.05) is 45.0 Å². The molecule has 0 heterocycles. The maximum Gasteiger partial charge on any atom is 0.182 e. The molecule has 0 aliphatic rings. The normalized spacial score (nSPS) is 11.5. The van der Waals surface area contributed by atoms with E-state index in [9.17, 15) is 13.2 Å². The molecule has 0 saturated heterocycles. The summed E-state index contributed by atoms with van der Waals surface area (Å²) in [5.41, 5.74) is 1.98. The van der Waals surface area contributed by atoms with Gasteiger partial charge in [-0.15, -0.1) is 0 Å². The summed E-state index contributed by atoms with van der Waals surface area (Å²) >= 11 is 0. The third-order valence-electron chi connectivity index (χ3n) is 3.30.